The molecular formula is C20H22ClFN6O. The highest BCUT2D eigenvalue weighted by Crippen LogP contribution is 2.33. The van der Waals surface area contributed by atoms with E-state index in [0.29, 0.717) is 16.8 Å². The van der Waals surface area contributed by atoms with Gasteiger partial charge in [-0.3, -0.25) is 9.69 Å². The summed E-state index contributed by atoms with van der Waals surface area (Å²) in [7, 11) is 2.08. The van der Waals surface area contributed by atoms with Crippen LogP contribution in [-0.4, -0.2) is 69.9 Å². The molecule has 0 radical (unpaired) electrons. The van der Waals surface area contributed by atoms with Crippen molar-refractivity contribution in [2.45, 2.75) is 13.0 Å². The predicted molar refractivity (Wildman–Crippen MR) is 111 cm³/mol. The summed E-state index contributed by atoms with van der Waals surface area (Å²) in [6, 6.07) is 5.24. The van der Waals surface area contributed by atoms with Gasteiger partial charge in [-0.05, 0) is 31.6 Å². The quantitative estimate of drug-likeness (QED) is 0.639. The Labute approximate surface area is 172 Å². The van der Waals surface area contributed by atoms with E-state index < -0.39 is 5.82 Å². The normalized spacial score (nSPS) is 16.8. The third kappa shape index (κ3) is 3.96. The van der Waals surface area contributed by atoms with Crippen LogP contribution in [0.4, 0.5) is 10.1 Å². The number of carbonyl (C=O) groups excluding carboxylic acids is 1. The summed E-state index contributed by atoms with van der Waals surface area (Å²) < 4.78 is 14.2. The van der Waals surface area contributed by atoms with Gasteiger partial charge in [-0.25, -0.2) is 14.4 Å². The molecule has 7 nitrogen and oxygen atoms in total. The van der Waals surface area contributed by atoms with E-state index in [1.807, 2.05) is 25.1 Å². The number of amides is 1. The molecule has 3 heterocycles. The smallest absolute Gasteiger partial charge is 0.241 e. The van der Waals surface area contributed by atoms with Crippen molar-refractivity contribution < 1.29 is 9.18 Å². The molecule has 1 unspecified atom stereocenters. The zero-order valence-electron chi connectivity index (χ0n) is 16.2. The molecule has 1 aliphatic rings. The van der Waals surface area contributed by atoms with Crippen molar-refractivity contribution in [1.82, 2.24) is 24.8 Å². The first-order chi connectivity index (χ1) is 13.9. The highest BCUT2D eigenvalue weighted by Gasteiger charge is 2.25. The van der Waals surface area contributed by atoms with E-state index in [1.54, 1.807) is 6.20 Å². The summed E-state index contributed by atoms with van der Waals surface area (Å²) in [4.78, 5) is 28.1. The Morgan fingerprint density at radius 3 is 2.83 bits per heavy atom. The van der Waals surface area contributed by atoms with Gasteiger partial charge in [0.1, 0.15) is 5.69 Å². The van der Waals surface area contributed by atoms with Crippen molar-refractivity contribution in [3.8, 4) is 11.3 Å². The molecule has 2 aromatic heterocycles. The number of fused-ring (bicyclic) bond motifs is 1. The summed E-state index contributed by atoms with van der Waals surface area (Å²) >= 11 is 5.84. The molecule has 29 heavy (non-hydrogen) atoms. The maximum Gasteiger partial charge on any atom is 0.241 e. The Bertz CT molecular complexity index is 1050. The molecule has 1 aromatic carbocycles. The minimum absolute atomic E-state index is 0.0267. The van der Waals surface area contributed by atoms with Gasteiger partial charge in [0.15, 0.2) is 5.82 Å². The second kappa shape index (κ2) is 8.06. The largest absolute Gasteiger partial charge is 0.359 e. The van der Waals surface area contributed by atoms with E-state index in [0.717, 1.165) is 37.8 Å². The van der Waals surface area contributed by atoms with E-state index in [9.17, 15) is 9.18 Å². The number of aromatic amines is 1. The lowest BCUT2D eigenvalue weighted by atomic mass is 10.1. The average molecular weight is 417 g/mol. The lowest BCUT2D eigenvalue weighted by Crippen LogP contribution is -2.51. The fourth-order valence-electron chi connectivity index (χ4n) is 3.60. The monoisotopic (exact) mass is 416 g/mol. The standard InChI is InChI=1S/C20H22ClFN6O/c1-12(28-8-6-27(2)7-9-28)19(29)25-16-5-3-4-13-14(10-23-18(13)16)17-15(22)11-24-20(21)26-17/h3-5,10-12,23H,6-9H2,1-2H3,(H,25,29). The maximum atomic E-state index is 14.2. The van der Waals surface area contributed by atoms with Gasteiger partial charge < -0.3 is 15.2 Å². The van der Waals surface area contributed by atoms with Crippen LogP contribution in [0.3, 0.4) is 0 Å². The molecule has 9 heteroatoms. The minimum atomic E-state index is -0.562. The Balaban J connectivity index is 1.60. The molecule has 2 N–H and O–H groups in total. The first kappa shape index (κ1) is 19.8. The maximum absolute atomic E-state index is 14.2. The number of nitrogens with zero attached hydrogens (tertiary/aromatic N) is 4. The average Bonchev–Trinajstić information content (AvgIpc) is 3.15. The van der Waals surface area contributed by atoms with Crippen molar-refractivity contribution in [1.29, 1.82) is 0 Å². The molecule has 0 spiro atoms. The number of halogens is 2. The molecule has 1 atom stereocenters. The predicted octanol–water partition coefficient (Wildman–Crippen LogP) is 2.99. The van der Waals surface area contributed by atoms with Crippen LogP contribution in [0, 0.1) is 5.82 Å². The minimum Gasteiger partial charge on any atom is -0.359 e. The number of rotatable bonds is 4. The summed E-state index contributed by atoms with van der Waals surface area (Å²) in [5.74, 6) is -0.636. The molecule has 1 aliphatic heterocycles. The topological polar surface area (TPSA) is 77.1 Å². The van der Waals surface area contributed by atoms with E-state index in [1.165, 1.54) is 0 Å². The molecular weight excluding hydrogens is 395 g/mol. The van der Waals surface area contributed by atoms with Crippen LogP contribution in [0.5, 0.6) is 0 Å². The van der Waals surface area contributed by atoms with Gasteiger partial charge in [-0.15, -0.1) is 0 Å². The second-order valence-electron chi connectivity index (χ2n) is 7.27. The number of benzene rings is 1. The van der Waals surface area contributed by atoms with Gasteiger partial charge in [0.05, 0.1) is 23.4 Å². The molecule has 1 fully saturated rings. The number of aromatic nitrogens is 3. The Hall–Kier alpha value is -2.55. The number of para-hydroxylation sites is 1. The molecule has 1 saturated heterocycles. The zero-order chi connectivity index (χ0) is 20.5. The zero-order valence-corrected chi connectivity index (χ0v) is 17.0. The number of carbonyl (C=O) groups is 1. The molecule has 4 rings (SSSR count). The molecule has 3 aromatic rings. The van der Waals surface area contributed by atoms with Crippen LogP contribution >= 0.6 is 11.6 Å². The Morgan fingerprint density at radius 2 is 2.07 bits per heavy atom. The van der Waals surface area contributed by atoms with Gasteiger partial charge in [0, 0.05) is 43.3 Å². The Morgan fingerprint density at radius 1 is 1.31 bits per heavy atom. The van der Waals surface area contributed by atoms with Crippen molar-refractivity contribution >= 4 is 34.1 Å². The van der Waals surface area contributed by atoms with Crippen molar-refractivity contribution in [3.63, 3.8) is 0 Å². The van der Waals surface area contributed by atoms with Crippen molar-refractivity contribution in [3.05, 3.63) is 41.7 Å². The highest BCUT2D eigenvalue weighted by molar-refractivity contribution is 6.28. The third-order valence-corrected chi connectivity index (χ3v) is 5.59. The second-order valence-corrected chi connectivity index (χ2v) is 7.61. The lowest BCUT2D eigenvalue weighted by molar-refractivity contribution is -0.121. The van der Waals surface area contributed by atoms with Gasteiger partial charge in [0.25, 0.3) is 0 Å². The number of H-pyrrole nitrogens is 1. The number of nitrogens with one attached hydrogen (secondary N) is 2. The van der Waals surface area contributed by atoms with Gasteiger partial charge in [0.2, 0.25) is 11.2 Å². The summed E-state index contributed by atoms with van der Waals surface area (Å²) in [5, 5.41) is 3.72. The molecule has 152 valence electrons. The van der Waals surface area contributed by atoms with Gasteiger partial charge in [-0.2, -0.15) is 0 Å². The molecule has 1 amide bonds. The van der Waals surface area contributed by atoms with E-state index in [4.69, 9.17) is 11.6 Å². The summed E-state index contributed by atoms with van der Waals surface area (Å²) in [6.07, 6.45) is 2.71. The number of anilines is 1. The summed E-state index contributed by atoms with van der Waals surface area (Å²) in [6.45, 7) is 5.52. The van der Waals surface area contributed by atoms with Crippen LogP contribution in [0.15, 0.2) is 30.6 Å². The number of hydrogen-bond acceptors (Lipinski definition) is 5. The lowest BCUT2D eigenvalue weighted by Gasteiger charge is -2.35. The van der Waals surface area contributed by atoms with Crippen LogP contribution in [0.2, 0.25) is 5.28 Å². The fraction of sp³-hybridized carbons (Fsp3) is 0.350. The van der Waals surface area contributed by atoms with Crippen LogP contribution < -0.4 is 5.32 Å². The van der Waals surface area contributed by atoms with E-state index in [2.05, 4.69) is 37.1 Å². The molecule has 0 saturated carbocycles. The van der Waals surface area contributed by atoms with Crippen LogP contribution in [0.1, 0.15) is 6.92 Å². The van der Waals surface area contributed by atoms with Crippen molar-refractivity contribution in [2.75, 3.05) is 38.5 Å². The number of hydrogen-bond donors (Lipinski definition) is 2. The highest BCUT2D eigenvalue weighted by atomic mass is 35.5. The Kier molecular flexibility index (Phi) is 5.49. The van der Waals surface area contributed by atoms with E-state index >= 15 is 0 Å². The fourth-order valence-corrected chi connectivity index (χ4v) is 3.73. The molecule has 0 aliphatic carbocycles. The van der Waals surface area contributed by atoms with Crippen LogP contribution in [0.25, 0.3) is 22.2 Å². The van der Waals surface area contributed by atoms with Gasteiger partial charge >= 0.3 is 0 Å². The first-order valence-corrected chi connectivity index (χ1v) is 9.84. The first-order valence-electron chi connectivity index (χ1n) is 9.46. The SMILES string of the molecule is CC(C(=O)Nc1cccc2c(-c3nc(Cl)ncc3F)c[nH]c12)N1CCN(C)CC1. The van der Waals surface area contributed by atoms with Gasteiger partial charge in [-0.1, -0.05) is 12.1 Å². The number of likely N-dealkylation sites (N-methyl/N-ethyl adjacent to an activating group) is 1. The van der Waals surface area contributed by atoms with E-state index in [-0.39, 0.29) is 22.9 Å². The van der Waals surface area contributed by atoms with Crippen LogP contribution in [-0.2, 0) is 4.79 Å². The van der Waals surface area contributed by atoms with Crippen molar-refractivity contribution in [2.24, 2.45) is 0 Å². The molecule has 0 bridgehead atoms. The number of piperazine rings is 1. The third-order valence-electron chi connectivity index (χ3n) is 5.41. The summed E-state index contributed by atoms with van der Waals surface area (Å²) in [5.41, 5.74) is 2.02.